The van der Waals surface area contributed by atoms with E-state index in [1.54, 1.807) is 0 Å². The molecule has 2 rings (SSSR count). The highest BCUT2D eigenvalue weighted by atomic mass is 32.2. The first-order valence-corrected chi connectivity index (χ1v) is 7.22. The molecule has 1 aliphatic heterocycles. The van der Waals surface area contributed by atoms with Crippen LogP contribution in [0.15, 0.2) is 18.2 Å². The van der Waals surface area contributed by atoms with Crippen LogP contribution in [0.3, 0.4) is 0 Å². The van der Waals surface area contributed by atoms with Crippen molar-refractivity contribution in [1.82, 2.24) is 4.90 Å². The summed E-state index contributed by atoms with van der Waals surface area (Å²) in [5.41, 5.74) is 8.20. The van der Waals surface area contributed by atoms with Crippen LogP contribution < -0.4 is 5.73 Å². The van der Waals surface area contributed by atoms with Crippen LogP contribution >= 0.6 is 11.8 Å². The fourth-order valence-electron chi connectivity index (χ4n) is 2.37. The van der Waals surface area contributed by atoms with E-state index in [2.05, 4.69) is 13.8 Å². The molecule has 1 fully saturated rings. The van der Waals surface area contributed by atoms with Gasteiger partial charge in [0.15, 0.2) is 0 Å². The smallest absolute Gasteiger partial charge is 0.256 e. The SMILES string of the molecule is Cc1ccc(N)c(C(=O)N2CC(C)SC(C)C2)c1. The van der Waals surface area contributed by atoms with Crippen molar-refractivity contribution in [2.24, 2.45) is 0 Å². The number of benzene rings is 1. The van der Waals surface area contributed by atoms with Gasteiger partial charge in [-0.3, -0.25) is 4.79 Å². The van der Waals surface area contributed by atoms with Gasteiger partial charge in [-0.05, 0) is 19.1 Å². The Hall–Kier alpha value is -1.16. The molecule has 4 heteroatoms. The number of nitrogens with two attached hydrogens (primary N) is 1. The van der Waals surface area contributed by atoms with Crippen LogP contribution in [0.1, 0.15) is 29.8 Å². The number of rotatable bonds is 1. The first-order chi connectivity index (χ1) is 8.47. The Labute approximate surface area is 113 Å². The lowest BCUT2D eigenvalue weighted by molar-refractivity contribution is 0.0754. The van der Waals surface area contributed by atoms with E-state index in [9.17, 15) is 4.79 Å². The fourth-order valence-corrected chi connectivity index (χ4v) is 3.69. The number of thioether (sulfide) groups is 1. The highest BCUT2D eigenvalue weighted by Crippen LogP contribution is 2.26. The van der Waals surface area contributed by atoms with Gasteiger partial charge in [0.25, 0.3) is 5.91 Å². The van der Waals surface area contributed by atoms with Gasteiger partial charge in [0.05, 0.1) is 5.56 Å². The minimum atomic E-state index is 0.0650. The van der Waals surface area contributed by atoms with Crippen LogP contribution in [0, 0.1) is 6.92 Å². The molecule has 1 amide bonds. The number of aryl methyl sites for hydroxylation is 1. The van der Waals surface area contributed by atoms with Crippen molar-refractivity contribution in [1.29, 1.82) is 0 Å². The van der Waals surface area contributed by atoms with Gasteiger partial charge in [-0.1, -0.05) is 25.5 Å². The summed E-state index contributed by atoms with van der Waals surface area (Å²) < 4.78 is 0. The van der Waals surface area contributed by atoms with Crippen LogP contribution in [-0.2, 0) is 0 Å². The number of amides is 1. The largest absolute Gasteiger partial charge is 0.398 e. The van der Waals surface area contributed by atoms with E-state index in [0.29, 0.717) is 21.8 Å². The molecule has 0 aromatic heterocycles. The summed E-state index contributed by atoms with van der Waals surface area (Å²) in [4.78, 5) is 14.4. The molecule has 0 spiro atoms. The zero-order valence-electron chi connectivity index (χ0n) is 11.1. The summed E-state index contributed by atoms with van der Waals surface area (Å²) in [5.74, 6) is 0.0650. The van der Waals surface area contributed by atoms with Gasteiger partial charge in [0, 0.05) is 29.3 Å². The summed E-state index contributed by atoms with van der Waals surface area (Å²) >= 11 is 1.94. The lowest BCUT2D eigenvalue weighted by atomic mass is 10.1. The van der Waals surface area contributed by atoms with E-state index < -0.39 is 0 Å². The molecule has 2 atom stereocenters. The van der Waals surface area contributed by atoms with Gasteiger partial charge in [-0.2, -0.15) is 11.8 Å². The van der Waals surface area contributed by atoms with Crippen LogP contribution in [0.25, 0.3) is 0 Å². The normalized spacial score (nSPS) is 24.1. The van der Waals surface area contributed by atoms with Crippen LogP contribution in [0.5, 0.6) is 0 Å². The summed E-state index contributed by atoms with van der Waals surface area (Å²) in [6.45, 7) is 7.93. The average molecular weight is 264 g/mol. The number of carbonyl (C=O) groups excluding carboxylic acids is 1. The van der Waals surface area contributed by atoms with E-state index in [1.807, 2.05) is 41.8 Å². The molecule has 98 valence electrons. The molecular weight excluding hydrogens is 244 g/mol. The number of carbonyl (C=O) groups is 1. The minimum absolute atomic E-state index is 0.0650. The molecule has 1 aliphatic rings. The van der Waals surface area contributed by atoms with Gasteiger partial charge in [-0.25, -0.2) is 0 Å². The van der Waals surface area contributed by atoms with E-state index >= 15 is 0 Å². The van der Waals surface area contributed by atoms with Crippen molar-refractivity contribution in [3.8, 4) is 0 Å². The number of hydrogen-bond donors (Lipinski definition) is 1. The maximum atomic E-state index is 12.5. The molecule has 18 heavy (non-hydrogen) atoms. The Kier molecular flexibility index (Phi) is 3.85. The highest BCUT2D eigenvalue weighted by molar-refractivity contribution is 8.00. The number of nitrogen functional groups attached to an aromatic ring is 1. The third-order valence-corrected chi connectivity index (χ3v) is 4.37. The predicted molar refractivity (Wildman–Crippen MR) is 78.0 cm³/mol. The van der Waals surface area contributed by atoms with Gasteiger partial charge >= 0.3 is 0 Å². The second-order valence-electron chi connectivity index (χ2n) is 5.06. The highest BCUT2D eigenvalue weighted by Gasteiger charge is 2.27. The van der Waals surface area contributed by atoms with Crippen LogP contribution in [0.4, 0.5) is 5.69 Å². The molecule has 1 aromatic carbocycles. The zero-order valence-corrected chi connectivity index (χ0v) is 12.0. The number of anilines is 1. The molecule has 0 saturated carbocycles. The van der Waals surface area contributed by atoms with Crippen molar-refractivity contribution in [2.75, 3.05) is 18.8 Å². The molecule has 2 unspecified atom stereocenters. The second-order valence-corrected chi connectivity index (χ2v) is 6.94. The van der Waals surface area contributed by atoms with Crippen LogP contribution in [0.2, 0.25) is 0 Å². The third kappa shape index (κ3) is 2.80. The second kappa shape index (κ2) is 5.22. The summed E-state index contributed by atoms with van der Waals surface area (Å²) in [6, 6.07) is 5.63. The first kappa shape index (κ1) is 13.3. The maximum Gasteiger partial charge on any atom is 0.256 e. The fraction of sp³-hybridized carbons (Fsp3) is 0.500. The molecular formula is C14H20N2OS. The Balaban J connectivity index is 2.22. The zero-order chi connectivity index (χ0) is 13.3. The number of hydrogen-bond acceptors (Lipinski definition) is 3. The van der Waals surface area contributed by atoms with Crippen molar-refractivity contribution in [3.05, 3.63) is 29.3 Å². The van der Waals surface area contributed by atoms with Crippen molar-refractivity contribution < 1.29 is 4.79 Å². The Morgan fingerprint density at radius 1 is 1.33 bits per heavy atom. The van der Waals surface area contributed by atoms with Crippen molar-refractivity contribution >= 4 is 23.4 Å². The minimum Gasteiger partial charge on any atom is -0.398 e. The van der Waals surface area contributed by atoms with Crippen molar-refractivity contribution in [2.45, 2.75) is 31.3 Å². The lowest BCUT2D eigenvalue weighted by Crippen LogP contribution is -2.44. The standard InChI is InChI=1S/C14H20N2OS/c1-9-4-5-13(15)12(6-9)14(17)16-7-10(2)18-11(3)8-16/h4-6,10-11H,7-8,15H2,1-3H3. The Morgan fingerprint density at radius 3 is 2.56 bits per heavy atom. The summed E-state index contributed by atoms with van der Waals surface area (Å²) in [5, 5.41) is 0.979. The number of nitrogens with zero attached hydrogens (tertiary/aromatic N) is 1. The van der Waals surface area contributed by atoms with Gasteiger partial charge in [0.2, 0.25) is 0 Å². The first-order valence-electron chi connectivity index (χ1n) is 6.28. The predicted octanol–water partition coefficient (Wildman–Crippen LogP) is 2.54. The van der Waals surface area contributed by atoms with Gasteiger partial charge < -0.3 is 10.6 Å². The molecule has 2 N–H and O–H groups in total. The summed E-state index contributed by atoms with van der Waals surface area (Å²) in [7, 11) is 0. The van der Waals surface area contributed by atoms with E-state index in [0.717, 1.165) is 18.7 Å². The lowest BCUT2D eigenvalue weighted by Gasteiger charge is -2.34. The Bertz CT molecular complexity index is 451. The molecule has 0 radical (unpaired) electrons. The maximum absolute atomic E-state index is 12.5. The quantitative estimate of drug-likeness (QED) is 0.793. The molecule has 3 nitrogen and oxygen atoms in total. The van der Waals surface area contributed by atoms with E-state index in [-0.39, 0.29) is 5.91 Å². The van der Waals surface area contributed by atoms with E-state index in [4.69, 9.17) is 5.73 Å². The van der Waals surface area contributed by atoms with Crippen LogP contribution in [-0.4, -0.2) is 34.4 Å². The van der Waals surface area contributed by atoms with Gasteiger partial charge in [0.1, 0.15) is 0 Å². The topological polar surface area (TPSA) is 46.3 Å². The Morgan fingerprint density at radius 2 is 1.94 bits per heavy atom. The van der Waals surface area contributed by atoms with Crippen molar-refractivity contribution in [3.63, 3.8) is 0 Å². The molecule has 1 aromatic rings. The molecule has 0 bridgehead atoms. The van der Waals surface area contributed by atoms with Gasteiger partial charge in [-0.15, -0.1) is 0 Å². The monoisotopic (exact) mass is 264 g/mol. The molecule has 0 aliphatic carbocycles. The van der Waals surface area contributed by atoms with E-state index in [1.165, 1.54) is 0 Å². The molecule has 1 saturated heterocycles. The third-order valence-electron chi connectivity index (χ3n) is 3.15. The molecule has 1 heterocycles. The summed E-state index contributed by atoms with van der Waals surface area (Å²) in [6.07, 6.45) is 0. The average Bonchev–Trinajstić information content (AvgIpc) is 2.30.